The van der Waals surface area contributed by atoms with E-state index < -0.39 is 0 Å². The summed E-state index contributed by atoms with van der Waals surface area (Å²) in [4.78, 5) is 15.9. The molecule has 0 bridgehead atoms. The summed E-state index contributed by atoms with van der Waals surface area (Å²) in [6, 6.07) is 0. The lowest BCUT2D eigenvalue weighted by molar-refractivity contribution is -0.0126. The average molecular weight is 284 g/mol. The van der Waals surface area contributed by atoms with Gasteiger partial charge in [-0.15, -0.1) is 0 Å². The summed E-state index contributed by atoms with van der Waals surface area (Å²) in [5, 5.41) is 0. The maximum Gasteiger partial charge on any atom is 0.414 e. The van der Waals surface area contributed by atoms with E-state index in [9.17, 15) is 4.79 Å². The molecule has 1 heterocycles. The van der Waals surface area contributed by atoms with Crippen LogP contribution in [-0.2, 0) is 9.47 Å². The lowest BCUT2D eigenvalue weighted by Gasteiger charge is -2.24. The molecule has 1 rings (SSSR count). The predicted octanol–water partition coefficient (Wildman–Crippen LogP) is 2.48. The van der Waals surface area contributed by atoms with Crippen molar-refractivity contribution in [2.24, 2.45) is 0 Å². The molecule has 0 aromatic rings. The van der Waals surface area contributed by atoms with Crippen molar-refractivity contribution >= 4 is 6.09 Å². The maximum atomic E-state index is 11.8. The molecule has 116 valence electrons. The van der Waals surface area contributed by atoms with E-state index in [-0.39, 0.29) is 11.7 Å². The third-order valence-electron chi connectivity index (χ3n) is 3.05. The van der Waals surface area contributed by atoms with E-state index in [1.54, 1.807) is 11.8 Å². The highest BCUT2D eigenvalue weighted by Crippen LogP contribution is 2.09. The third kappa shape index (κ3) is 6.91. The lowest BCUT2D eigenvalue weighted by atomic mass is 10.2. The van der Waals surface area contributed by atoms with Crippen molar-refractivity contribution in [2.75, 3.05) is 39.3 Å². The molecule has 0 atom stereocenters. The van der Waals surface area contributed by atoms with Crippen LogP contribution in [0.5, 0.6) is 0 Å². The molecule has 0 aromatic heterocycles. The minimum Gasteiger partial charge on any atom is -0.416 e. The highest BCUT2D eigenvalue weighted by molar-refractivity contribution is 5.68. The number of amides is 1. The molecule has 1 saturated heterocycles. The molecule has 0 spiro atoms. The first-order chi connectivity index (χ1) is 9.28. The van der Waals surface area contributed by atoms with Gasteiger partial charge in [-0.2, -0.15) is 0 Å². The van der Waals surface area contributed by atoms with Gasteiger partial charge in [-0.25, -0.2) is 4.79 Å². The van der Waals surface area contributed by atoms with E-state index in [1.807, 2.05) is 0 Å². The molecule has 0 radical (unpaired) electrons. The smallest absolute Gasteiger partial charge is 0.414 e. The number of hydrogen-bond donors (Lipinski definition) is 0. The van der Waals surface area contributed by atoms with Crippen LogP contribution in [0, 0.1) is 0 Å². The van der Waals surface area contributed by atoms with Crippen LogP contribution in [-0.4, -0.2) is 60.8 Å². The van der Waals surface area contributed by atoms with Gasteiger partial charge in [0.1, 0.15) is 0 Å². The molecule has 0 aliphatic carbocycles. The Morgan fingerprint density at radius 1 is 1.20 bits per heavy atom. The van der Waals surface area contributed by atoms with Gasteiger partial charge in [-0.3, -0.25) is 4.90 Å². The summed E-state index contributed by atoms with van der Waals surface area (Å²) in [5.74, 6) is 0.440. The SMILES string of the molecule is C=C(C)OC(=O)N1CCCN(CCOC(C)(C)C)CC1. The molecule has 0 saturated carbocycles. The molecule has 1 aliphatic rings. The maximum absolute atomic E-state index is 11.8. The van der Waals surface area contributed by atoms with Gasteiger partial charge >= 0.3 is 6.09 Å². The van der Waals surface area contributed by atoms with Crippen LogP contribution in [0.1, 0.15) is 34.1 Å². The Morgan fingerprint density at radius 2 is 1.90 bits per heavy atom. The average Bonchev–Trinajstić information content (AvgIpc) is 2.52. The van der Waals surface area contributed by atoms with Gasteiger partial charge in [0.15, 0.2) is 0 Å². The quantitative estimate of drug-likeness (QED) is 0.744. The van der Waals surface area contributed by atoms with E-state index in [4.69, 9.17) is 9.47 Å². The first-order valence-electron chi connectivity index (χ1n) is 7.26. The summed E-state index contributed by atoms with van der Waals surface area (Å²) in [7, 11) is 0. The van der Waals surface area contributed by atoms with Crippen molar-refractivity contribution in [3.63, 3.8) is 0 Å². The Labute approximate surface area is 122 Å². The van der Waals surface area contributed by atoms with E-state index in [0.717, 1.165) is 39.2 Å². The monoisotopic (exact) mass is 284 g/mol. The molecular weight excluding hydrogens is 256 g/mol. The van der Waals surface area contributed by atoms with Crippen LogP contribution in [0.15, 0.2) is 12.3 Å². The molecule has 1 aliphatic heterocycles. The van der Waals surface area contributed by atoms with Gasteiger partial charge in [0.05, 0.1) is 18.0 Å². The van der Waals surface area contributed by atoms with Crippen molar-refractivity contribution < 1.29 is 14.3 Å². The summed E-state index contributed by atoms with van der Waals surface area (Å²) in [6.07, 6.45) is 0.672. The Hall–Kier alpha value is -1.07. The number of nitrogens with zero attached hydrogens (tertiary/aromatic N) is 2. The number of ether oxygens (including phenoxy) is 2. The Morgan fingerprint density at radius 3 is 2.50 bits per heavy atom. The van der Waals surface area contributed by atoms with Crippen LogP contribution in [0.3, 0.4) is 0 Å². The van der Waals surface area contributed by atoms with Gasteiger partial charge in [0.25, 0.3) is 0 Å². The van der Waals surface area contributed by atoms with Crippen molar-refractivity contribution in [1.29, 1.82) is 0 Å². The summed E-state index contributed by atoms with van der Waals surface area (Å²) in [6.45, 7) is 16.4. The summed E-state index contributed by atoms with van der Waals surface area (Å²) in [5.41, 5.74) is -0.0941. The van der Waals surface area contributed by atoms with Gasteiger partial charge < -0.3 is 14.4 Å². The second kappa shape index (κ2) is 7.64. The van der Waals surface area contributed by atoms with E-state index in [0.29, 0.717) is 12.3 Å². The van der Waals surface area contributed by atoms with Crippen LogP contribution >= 0.6 is 0 Å². The van der Waals surface area contributed by atoms with Crippen LogP contribution < -0.4 is 0 Å². The first kappa shape index (κ1) is 17.0. The highest BCUT2D eigenvalue weighted by atomic mass is 16.6. The van der Waals surface area contributed by atoms with E-state index in [1.165, 1.54) is 0 Å². The molecule has 1 amide bonds. The van der Waals surface area contributed by atoms with Crippen molar-refractivity contribution in [1.82, 2.24) is 9.80 Å². The zero-order valence-electron chi connectivity index (χ0n) is 13.3. The zero-order valence-corrected chi connectivity index (χ0v) is 13.3. The summed E-state index contributed by atoms with van der Waals surface area (Å²) < 4.78 is 10.8. The predicted molar refractivity (Wildman–Crippen MR) is 79.6 cm³/mol. The van der Waals surface area contributed by atoms with Crippen molar-refractivity contribution in [3.8, 4) is 0 Å². The molecule has 0 aromatic carbocycles. The van der Waals surface area contributed by atoms with Crippen molar-refractivity contribution in [3.05, 3.63) is 12.3 Å². The topological polar surface area (TPSA) is 42.0 Å². The van der Waals surface area contributed by atoms with E-state index >= 15 is 0 Å². The minimum atomic E-state index is -0.287. The fourth-order valence-corrected chi connectivity index (χ4v) is 2.07. The molecule has 0 N–H and O–H groups in total. The molecule has 0 unspecified atom stereocenters. The standard InChI is InChI=1S/C15H28N2O3/c1-13(2)20-14(18)17-8-6-7-16(9-10-17)11-12-19-15(3,4)5/h1,6-12H2,2-5H3. The molecule has 5 nitrogen and oxygen atoms in total. The lowest BCUT2D eigenvalue weighted by Crippen LogP contribution is -2.36. The second-order valence-corrected chi connectivity index (χ2v) is 6.21. The molecular formula is C15H28N2O3. The highest BCUT2D eigenvalue weighted by Gasteiger charge is 2.20. The van der Waals surface area contributed by atoms with Crippen LogP contribution in [0.4, 0.5) is 4.79 Å². The van der Waals surface area contributed by atoms with Crippen molar-refractivity contribution in [2.45, 2.75) is 39.7 Å². The van der Waals surface area contributed by atoms with Gasteiger partial charge in [-0.05, 0) is 40.7 Å². The minimum absolute atomic E-state index is 0.0941. The van der Waals surface area contributed by atoms with Crippen LogP contribution in [0.2, 0.25) is 0 Å². The van der Waals surface area contributed by atoms with Crippen LogP contribution in [0.25, 0.3) is 0 Å². The Balaban J connectivity index is 2.32. The van der Waals surface area contributed by atoms with Gasteiger partial charge in [-0.1, -0.05) is 6.58 Å². The zero-order chi connectivity index (χ0) is 15.2. The molecule has 5 heteroatoms. The Kier molecular flexibility index (Phi) is 6.49. The number of carbonyl (C=O) groups is 1. The normalized spacial score (nSPS) is 17.7. The van der Waals surface area contributed by atoms with Gasteiger partial charge in [0, 0.05) is 26.2 Å². The van der Waals surface area contributed by atoms with E-state index in [2.05, 4.69) is 32.3 Å². The fraction of sp³-hybridized carbons (Fsp3) is 0.800. The number of rotatable bonds is 4. The molecule has 20 heavy (non-hydrogen) atoms. The number of allylic oxidation sites excluding steroid dienone is 1. The van der Waals surface area contributed by atoms with Gasteiger partial charge in [0.2, 0.25) is 0 Å². The fourth-order valence-electron chi connectivity index (χ4n) is 2.07. The summed E-state index contributed by atoms with van der Waals surface area (Å²) >= 11 is 0. The Bertz CT molecular complexity index is 337. The second-order valence-electron chi connectivity index (χ2n) is 6.21. The molecule has 1 fully saturated rings. The largest absolute Gasteiger partial charge is 0.416 e. The number of carbonyl (C=O) groups excluding carboxylic acids is 1. The first-order valence-corrected chi connectivity index (χ1v) is 7.26. The number of hydrogen-bond acceptors (Lipinski definition) is 4. The third-order valence-corrected chi connectivity index (χ3v) is 3.05.